The molecule has 0 amide bonds. The second kappa shape index (κ2) is 5.06. The van der Waals surface area contributed by atoms with Crippen LogP contribution < -0.4 is 5.32 Å². The van der Waals surface area contributed by atoms with Crippen LogP contribution in [0.5, 0.6) is 0 Å². The minimum atomic E-state index is -0.386. The zero-order valence-corrected chi connectivity index (χ0v) is 11.5. The average Bonchev–Trinajstić information content (AvgIpc) is 2.67. The molecule has 0 spiro atoms. The molecular formula is C11H12Cl2N2OS. The number of nitrogens with one attached hydrogen (secondary N) is 1. The van der Waals surface area contributed by atoms with Crippen molar-refractivity contribution in [1.82, 2.24) is 0 Å². The summed E-state index contributed by atoms with van der Waals surface area (Å²) in [7, 11) is 0. The molecule has 0 saturated carbocycles. The number of aliphatic hydroxyl groups excluding tert-OH is 1. The highest BCUT2D eigenvalue weighted by Crippen LogP contribution is 2.30. The van der Waals surface area contributed by atoms with Crippen LogP contribution in [0.2, 0.25) is 10.0 Å². The van der Waals surface area contributed by atoms with Gasteiger partial charge in [0.2, 0.25) is 0 Å². The molecule has 0 bridgehead atoms. The molecule has 0 fully saturated rings. The lowest BCUT2D eigenvalue weighted by molar-refractivity contribution is 0.227. The first-order chi connectivity index (χ1) is 8.02. The Balaban J connectivity index is 2.12. The van der Waals surface area contributed by atoms with E-state index in [1.165, 1.54) is 0 Å². The molecule has 0 radical (unpaired) electrons. The number of hydrogen-bond donors (Lipinski definition) is 2. The third-order valence-electron chi connectivity index (χ3n) is 2.40. The van der Waals surface area contributed by atoms with E-state index in [2.05, 4.69) is 10.3 Å². The van der Waals surface area contributed by atoms with E-state index in [0.717, 1.165) is 16.6 Å². The summed E-state index contributed by atoms with van der Waals surface area (Å²) in [6.45, 7) is 1.97. The van der Waals surface area contributed by atoms with Crippen molar-refractivity contribution in [1.29, 1.82) is 0 Å². The molecule has 1 aliphatic rings. The van der Waals surface area contributed by atoms with E-state index in [4.69, 9.17) is 23.2 Å². The number of halogens is 2. The summed E-state index contributed by atoms with van der Waals surface area (Å²) < 4.78 is 0. The molecule has 0 unspecified atom stereocenters. The number of rotatable bonds is 2. The molecule has 2 N–H and O–H groups in total. The number of benzene rings is 1. The predicted octanol–water partition coefficient (Wildman–Crippen LogP) is 3.26. The maximum atomic E-state index is 9.20. The maximum absolute atomic E-state index is 9.20. The van der Waals surface area contributed by atoms with Crippen molar-refractivity contribution in [2.75, 3.05) is 17.7 Å². The SMILES string of the molecule is C[C@]1(CO)CSC(Nc2ccc(Cl)c(Cl)c2)=N1. The molecule has 0 aromatic heterocycles. The van der Waals surface area contributed by atoms with E-state index in [1.54, 1.807) is 23.9 Å². The number of hydrogen-bond acceptors (Lipinski definition) is 4. The van der Waals surface area contributed by atoms with Crippen LogP contribution in [0.4, 0.5) is 5.69 Å². The summed E-state index contributed by atoms with van der Waals surface area (Å²) in [5.74, 6) is 0.771. The van der Waals surface area contributed by atoms with Gasteiger partial charge in [0.25, 0.3) is 0 Å². The molecule has 1 aromatic carbocycles. The number of nitrogens with zero attached hydrogens (tertiary/aromatic N) is 1. The second-order valence-electron chi connectivity index (χ2n) is 4.11. The van der Waals surface area contributed by atoms with Crippen LogP contribution in [0.1, 0.15) is 6.92 Å². The van der Waals surface area contributed by atoms with Gasteiger partial charge < -0.3 is 10.4 Å². The number of amidine groups is 1. The van der Waals surface area contributed by atoms with Gasteiger partial charge in [-0.3, -0.25) is 4.99 Å². The number of aliphatic hydroxyl groups is 1. The largest absolute Gasteiger partial charge is 0.394 e. The van der Waals surface area contributed by atoms with Crippen molar-refractivity contribution in [3.63, 3.8) is 0 Å². The minimum Gasteiger partial charge on any atom is -0.394 e. The molecule has 0 saturated heterocycles. The van der Waals surface area contributed by atoms with Gasteiger partial charge in [0, 0.05) is 11.4 Å². The van der Waals surface area contributed by atoms with Gasteiger partial charge in [-0.2, -0.15) is 0 Å². The van der Waals surface area contributed by atoms with E-state index in [-0.39, 0.29) is 12.1 Å². The molecular weight excluding hydrogens is 279 g/mol. The highest BCUT2D eigenvalue weighted by molar-refractivity contribution is 8.14. The smallest absolute Gasteiger partial charge is 0.161 e. The van der Waals surface area contributed by atoms with Gasteiger partial charge in [0.1, 0.15) is 0 Å². The van der Waals surface area contributed by atoms with E-state index in [0.29, 0.717) is 10.0 Å². The third-order valence-corrected chi connectivity index (χ3v) is 4.37. The summed E-state index contributed by atoms with van der Waals surface area (Å²) in [6.07, 6.45) is 0. The molecule has 1 atom stereocenters. The monoisotopic (exact) mass is 290 g/mol. The van der Waals surface area contributed by atoms with Crippen LogP contribution in [0.3, 0.4) is 0 Å². The summed E-state index contributed by atoms with van der Waals surface area (Å²) in [5.41, 5.74) is 0.455. The molecule has 6 heteroatoms. The number of aliphatic imine (C=N–C) groups is 1. The Morgan fingerprint density at radius 2 is 2.24 bits per heavy atom. The fraction of sp³-hybridized carbons (Fsp3) is 0.364. The highest BCUT2D eigenvalue weighted by Gasteiger charge is 2.29. The van der Waals surface area contributed by atoms with Crippen LogP contribution in [0.15, 0.2) is 23.2 Å². The second-order valence-corrected chi connectivity index (χ2v) is 5.89. The standard InChI is InChI=1S/C11H12Cl2N2OS/c1-11(5-16)6-17-10(15-11)14-7-2-3-8(12)9(13)4-7/h2-4,16H,5-6H2,1H3,(H,14,15)/t11-/m0/s1. The van der Waals surface area contributed by atoms with Crippen LogP contribution in [0.25, 0.3) is 0 Å². The van der Waals surface area contributed by atoms with Gasteiger partial charge in [0.05, 0.1) is 22.2 Å². The Labute approximate surface area is 114 Å². The van der Waals surface area contributed by atoms with E-state index >= 15 is 0 Å². The molecule has 3 nitrogen and oxygen atoms in total. The molecule has 1 heterocycles. The van der Waals surface area contributed by atoms with Gasteiger partial charge in [0.15, 0.2) is 5.17 Å². The zero-order chi connectivity index (χ0) is 12.5. The topological polar surface area (TPSA) is 44.6 Å². The van der Waals surface area contributed by atoms with Crippen molar-refractivity contribution in [3.8, 4) is 0 Å². The van der Waals surface area contributed by atoms with E-state index in [1.807, 2.05) is 13.0 Å². The van der Waals surface area contributed by atoms with Gasteiger partial charge in [-0.15, -0.1) is 0 Å². The van der Waals surface area contributed by atoms with E-state index in [9.17, 15) is 5.11 Å². The lowest BCUT2D eigenvalue weighted by atomic mass is 10.1. The minimum absolute atomic E-state index is 0.0482. The van der Waals surface area contributed by atoms with Crippen LogP contribution >= 0.6 is 35.0 Å². The molecule has 0 aliphatic carbocycles. The summed E-state index contributed by atoms with van der Waals surface area (Å²) in [6, 6.07) is 5.32. The van der Waals surface area contributed by atoms with Crippen molar-refractivity contribution in [2.45, 2.75) is 12.5 Å². The van der Waals surface area contributed by atoms with Gasteiger partial charge >= 0.3 is 0 Å². The molecule has 1 aliphatic heterocycles. The van der Waals surface area contributed by atoms with Gasteiger partial charge in [-0.05, 0) is 25.1 Å². The van der Waals surface area contributed by atoms with Crippen molar-refractivity contribution in [2.24, 2.45) is 4.99 Å². The summed E-state index contributed by atoms with van der Waals surface area (Å²) in [4.78, 5) is 4.43. The van der Waals surface area contributed by atoms with Crippen molar-refractivity contribution < 1.29 is 5.11 Å². The third kappa shape index (κ3) is 3.07. The molecule has 2 rings (SSSR count). The lowest BCUT2D eigenvalue weighted by Crippen LogP contribution is -2.26. The Kier molecular flexibility index (Phi) is 3.88. The van der Waals surface area contributed by atoms with Crippen LogP contribution in [0, 0.1) is 0 Å². The first kappa shape index (κ1) is 13.0. The Bertz CT molecular complexity index is 467. The Morgan fingerprint density at radius 3 is 2.82 bits per heavy atom. The fourth-order valence-corrected chi connectivity index (χ4v) is 2.75. The Morgan fingerprint density at radius 1 is 1.47 bits per heavy atom. The van der Waals surface area contributed by atoms with Gasteiger partial charge in [-0.1, -0.05) is 35.0 Å². The van der Waals surface area contributed by atoms with Crippen LogP contribution in [-0.4, -0.2) is 28.2 Å². The number of thioether (sulfide) groups is 1. The quantitative estimate of drug-likeness (QED) is 0.879. The van der Waals surface area contributed by atoms with Crippen molar-refractivity contribution in [3.05, 3.63) is 28.2 Å². The zero-order valence-electron chi connectivity index (χ0n) is 9.20. The Hall–Kier alpha value is -0.420. The first-order valence-corrected chi connectivity index (χ1v) is 6.82. The maximum Gasteiger partial charge on any atom is 0.161 e. The fourth-order valence-electron chi connectivity index (χ4n) is 1.38. The molecule has 17 heavy (non-hydrogen) atoms. The van der Waals surface area contributed by atoms with Crippen molar-refractivity contribution >= 4 is 45.8 Å². The van der Waals surface area contributed by atoms with Crippen LogP contribution in [-0.2, 0) is 0 Å². The number of anilines is 1. The molecule has 1 aromatic rings. The molecule has 92 valence electrons. The highest BCUT2D eigenvalue weighted by atomic mass is 35.5. The normalized spacial score (nSPS) is 23.6. The first-order valence-electron chi connectivity index (χ1n) is 5.08. The van der Waals surface area contributed by atoms with Gasteiger partial charge in [-0.25, -0.2) is 0 Å². The predicted molar refractivity (Wildman–Crippen MR) is 75.5 cm³/mol. The van der Waals surface area contributed by atoms with E-state index < -0.39 is 0 Å². The summed E-state index contributed by atoms with van der Waals surface area (Å²) >= 11 is 13.3. The summed E-state index contributed by atoms with van der Waals surface area (Å²) in [5, 5.41) is 14.2. The average molecular weight is 291 g/mol. The lowest BCUT2D eigenvalue weighted by Gasteiger charge is -2.14.